The first-order valence-corrected chi connectivity index (χ1v) is 3.91. The summed E-state index contributed by atoms with van der Waals surface area (Å²) < 4.78 is 17.4. The number of rotatable bonds is 2. The zero-order valence-electron chi connectivity index (χ0n) is 7.45. The van der Waals surface area contributed by atoms with Crippen molar-refractivity contribution in [3.8, 4) is 0 Å². The maximum atomic E-state index is 12.6. The van der Waals surface area contributed by atoms with Gasteiger partial charge in [0, 0.05) is 6.20 Å². The lowest BCUT2D eigenvalue weighted by Gasteiger charge is -2.06. The van der Waals surface area contributed by atoms with Crippen LogP contribution in [0.3, 0.4) is 0 Å². The SMILES string of the molecule is CC(C)OC(=O)c1cncc(F)c1. The van der Waals surface area contributed by atoms with Gasteiger partial charge in [0.2, 0.25) is 0 Å². The minimum atomic E-state index is -0.554. The molecular weight excluding hydrogens is 173 g/mol. The monoisotopic (exact) mass is 183 g/mol. The van der Waals surface area contributed by atoms with Crippen LogP contribution in [0.2, 0.25) is 0 Å². The summed E-state index contributed by atoms with van der Waals surface area (Å²) >= 11 is 0. The molecule has 0 radical (unpaired) electrons. The Balaban J connectivity index is 2.77. The molecule has 0 saturated heterocycles. The maximum absolute atomic E-state index is 12.6. The first-order chi connectivity index (χ1) is 6.09. The zero-order chi connectivity index (χ0) is 9.84. The van der Waals surface area contributed by atoms with Crippen molar-refractivity contribution in [1.82, 2.24) is 4.98 Å². The normalized spacial score (nSPS) is 10.2. The Morgan fingerprint density at radius 3 is 2.77 bits per heavy atom. The fourth-order valence-electron chi connectivity index (χ4n) is 0.806. The Labute approximate surface area is 75.6 Å². The quantitative estimate of drug-likeness (QED) is 0.656. The molecule has 1 aromatic rings. The van der Waals surface area contributed by atoms with Gasteiger partial charge in [-0.15, -0.1) is 0 Å². The third-order valence-electron chi connectivity index (χ3n) is 1.28. The number of nitrogens with zero attached hydrogens (tertiary/aromatic N) is 1. The lowest BCUT2D eigenvalue weighted by Crippen LogP contribution is -2.11. The van der Waals surface area contributed by atoms with Crippen molar-refractivity contribution in [3.05, 3.63) is 29.8 Å². The Bertz CT molecular complexity index is 312. The second-order valence-electron chi connectivity index (χ2n) is 2.85. The van der Waals surface area contributed by atoms with Gasteiger partial charge in [0.15, 0.2) is 0 Å². The van der Waals surface area contributed by atoms with Crippen LogP contribution in [-0.4, -0.2) is 17.1 Å². The predicted octanol–water partition coefficient (Wildman–Crippen LogP) is 1.79. The molecule has 0 unspecified atom stereocenters. The van der Waals surface area contributed by atoms with E-state index in [4.69, 9.17) is 4.74 Å². The fourth-order valence-corrected chi connectivity index (χ4v) is 0.806. The number of carbonyl (C=O) groups is 1. The van der Waals surface area contributed by atoms with Gasteiger partial charge in [-0.25, -0.2) is 9.18 Å². The number of hydrogen-bond donors (Lipinski definition) is 0. The molecule has 4 heteroatoms. The van der Waals surface area contributed by atoms with E-state index in [1.54, 1.807) is 13.8 Å². The molecule has 0 N–H and O–H groups in total. The van der Waals surface area contributed by atoms with Crippen molar-refractivity contribution in [2.45, 2.75) is 20.0 Å². The Hall–Kier alpha value is -1.45. The molecule has 13 heavy (non-hydrogen) atoms. The molecule has 0 aromatic carbocycles. The highest BCUT2D eigenvalue weighted by atomic mass is 19.1. The second-order valence-corrected chi connectivity index (χ2v) is 2.85. The summed E-state index contributed by atoms with van der Waals surface area (Å²) in [5.74, 6) is -1.10. The van der Waals surface area contributed by atoms with Crippen LogP contribution in [0.1, 0.15) is 24.2 Å². The van der Waals surface area contributed by atoms with Gasteiger partial charge >= 0.3 is 5.97 Å². The lowest BCUT2D eigenvalue weighted by molar-refractivity contribution is 0.0377. The zero-order valence-corrected chi connectivity index (χ0v) is 7.45. The standard InChI is InChI=1S/C9H10FNO2/c1-6(2)13-9(12)7-3-8(10)5-11-4-7/h3-6H,1-2H3. The molecule has 0 aliphatic carbocycles. The van der Waals surface area contributed by atoms with Gasteiger partial charge in [-0.05, 0) is 19.9 Å². The van der Waals surface area contributed by atoms with E-state index in [0.717, 1.165) is 12.3 Å². The minimum Gasteiger partial charge on any atom is -0.459 e. The number of ether oxygens (including phenoxy) is 1. The number of carbonyl (C=O) groups excluding carboxylic acids is 1. The summed E-state index contributed by atoms with van der Waals surface area (Å²) in [6.45, 7) is 3.45. The highest BCUT2D eigenvalue weighted by molar-refractivity contribution is 5.89. The van der Waals surface area contributed by atoms with E-state index in [1.165, 1.54) is 6.20 Å². The van der Waals surface area contributed by atoms with Gasteiger partial charge in [-0.3, -0.25) is 4.98 Å². The van der Waals surface area contributed by atoms with Gasteiger partial charge in [0.05, 0.1) is 17.9 Å². The average Bonchev–Trinajstić information content (AvgIpc) is 2.03. The van der Waals surface area contributed by atoms with E-state index in [1.807, 2.05) is 0 Å². The number of esters is 1. The van der Waals surface area contributed by atoms with Crippen molar-refractivity contribution < 1.29 is 13.9 Å². The van der Waals surface area contributed by atoms with Crippen LogP contribution in [0.4, 0.5) is 4.39 Å². The van der Waals surface area contributed by atoms with Crippen molar-refractivity contribution in [2.75, 3.05) is 0 Å². The maximum Gasteiger partial charge on any atom is 0.340 e. The van der Waals surface area contributed by atoms with Gasteiger partial charge < -0.3 is 4.74 Å². The summed E-state index contributed by atoms with van der Waals surface area (Å²) in [5.41, 5.74) is 0.133. The number of aromatic nitrogens is 1. The molecule has 3 nitrogen and oxygen atoms in total. The molecule has 0 bridgehead atoms. The van der Waals surface area contributed by atoms with Crippen LogP contribution in [0, 0.1) is 5.82 Å². The van der Waals surface area contributed by atoms with E-state index in [2.05, 4.69) is 4.98 Å². The van der Waals surface area contributed by atoms with Crippen LogP contribution in [0.15, 0.2) is 18.5 Å². The third-order valence-corrected chi connectivity index (χ3v) is 1.28. The lowest BCUT2D eigenvalue weighted by atomic mass is 10.3. The van der Waals surface area contributed by atoms with Gasteiger partial charge in [0.1, 0.15) is 5.82 Å². The molecule has 0 aliphatic heterocycles. The van der Waals surface area contributed by atoms with Crippen molar-refractivity contribution >= 4 is 5.97 Å². The highest BCUT2D eigenvalue weighted by Gasteiger charge is 2.09. The molecule has 0 atom stereocenters. The summed E-state index contributed by atoms with van der Waals surface area (Å²) in [7, 11) is 0. The smallest absolute Gasteiger partial charge is 0.340 e. The van der Waals surface area contributed by atoms with Crippen LogP contribution in [0.25, 0.3) is 0 Å². The largest absolute Gasteiger partial charge is 0.459 e. The molecule has 0 spiro atoms. The van der Waals surface area contributed by atoms with E-state index in [0.29, 0.717) is 0 Å². The minimum absolute atomic E-state index is 0.133. The molecule has 1 heterocycles. The molecule has 0 fully saturated rings. The Kier molecular flexibility index (Phi) is 2.95. The van der Waals surface area contributed by atoms with Gasteiger partial charge in [-0.2, -0.15) is 0 Å². The van der Waals surface area contributed by atoms with E-state index >= 15 is 0 Å². The highest BCUT2D eigenvalue weighted by Crippen LogP contribution is 2.04. The molecule has 0 saturated carbocycles. The topological polar surface area (TPSA) is 39.2 Å². The van der Waals surface area contributed by atoms with E-state index < -0.39 is 11.8 Å². The molecule has 0 amide bonds. The number of halogens is 1. The third kappa shape index (κ3) is 2.82. The fraction of sp³-hybridized carbons (Fsp3) is 0.333. The van der Waals surface area contributed by atoms with Gasteiger partial charge in [-0.1, -0.05) is 0 Å². The van der Waals surface area contributed by atoms with Gasteiger partial charge in [0.25, 0.3) is 0 Å². The van der Waals surface area contributed by atoms with Crippen LogP contribution >= 0.6 is 0 Å². The van der Waals surface area contributed by atoms with E-state index in [-0.39, 0.29) is 11.7 Å². The van der Waals surface area contributed by atoms with Crippen LogP contribution in [0.5, 0.6) is 0 Å². The van der Waals surface area contributed by atoms with Crippen molar-refractivity contribution in [1.29, 1.82) is 0 Å². The van der Waals surface area contributed by atoms with E-state index in [9.17, 15) is 9.18 Å². The number of pyridine rings is 1. The number of hydrogen-bond acceptors (Lipinski definition) is 3. The average molecular weight is 183 g/mol. The summed E-state index contributed by atoms with van der Waals surface area (Å²) in [6.07, 6.45) is 2.09. The molecule has 1 rings (SSSR count). The first-order valence-electron chi connectivity index (χ1n) is 3.91. The first kappa shape index (κ1) is 9.64. The summed E-state index contributed by atoms with van der Waals surface area (Å²) in [4.78, 5) is 14.7. The molecule has 70 valence electrons. The Morgan fingerprint density at radius 2 is 2.23 bits per heavy atom. The Morgan fingerprint density at radius 1 is 1.54 bits per heavy atom. The molecular formula is C9H10FNO2. The van der Waals surface area contributed by atoms with Crippen molar-refractivity contribution in [3.63, 3.8) is 0 Å². The van der Waals surface area contributed by atoms with Crippen molar-refractivity contribution in [2.24, 2.45) is 0 Å². The molecule has 0 aliphatic rings. The summed E-state index contributed by atoms with van der Waals surface area (Å²) in [6, 6.07) is 1.09. The second kappa shape index (κ2) is 3.98. The predicted molar refractivity (Wildman–Crippen MR) is 44.7 cm³/mol. The van der Waals surface area contributed by atoms with Crippen LogP contribution < -0.4 is 0 Å². The summed E-state index contributed by atoms with van der Waals surface area (Å²) in [5, 5.41) is 0. The van der Waals surface area contributed by atoms with Crippen LogP contribution in [-0.2, 0) is 4.74 Å². The molecule has 1 aromatic heterocycles.